The summed E-state index contributed by atoms with van der Waals surface area (Å²) < 4.78 is 0.941. The number of nitrogens with zero attached hydrogens (tertiary/aromatic N) is 1. The number of hydrogen-bond donors (Lipinski definition) is 1. The van der Waals surface area contributed by atoms with E-state index in [4.69, 9.17) is 5.73 Å². The van der Waals surface area contributed by atoms with Gasteiger partial charge in [0.2, 0.25) is 5.91 Å². The van der Waals surface area contributed by atoms with E-state index in [1.165, 1.54) is 0 Å². The molecule has 1 aliphatic heterocycles. The van der Waals surface area contributed by atoms with Crippen LogP contribution in [-0.2, 0) is 11.3 Å². The van der Waals surface area contributed by atoms with Crippen molar-refractivity contribution in [3.8, 4) is 0 Å². The second kappa shape index (κ2) is 4.79. The van der Waals surface area contributed by atoms with Gasteiger partial charge >= 0.3 is 0 Å². The molecule has 0 fully saturated rings. The average molecular weight is 317 g/mol. The Morgan fingerprint density at radius 1 is 1.16 bits per heavy atom. The van der Waals surface area contributed by atoms with Gasteiger partial charge < -0.3 is 10.6 Å². The molecule has 3 nitrogen and oxygen atoms in total. The van der Waals surface area contributed by atoms with E-state index in [1.54, 1.807) is 4.90 Å². The first-order valence-electron chi connectivity index (χ1n) is 6.07. The molecular weight excluding hydrogens is 304 g/mol. The van der Waals surface area contributed by atoms with Gasteiger partial charge in [0.25, 0.3) is 0 Å². The van der Waals surface area contributed by atoms with Crippen molar-refractivity contribution < 1.29 is 4.79 Å². The molecule has 1 atom stereocenters. The van der Waals surface area contributed by atoms with Crippen LogP contribution in [-0.4, -0.2) is 5.91 Å². The maximum Gasteiger partial charge on any atom is 0.248 e. The lowest BCUT2D eigenvalue weighted by molar-refractivity contribution is -0.119. The zero-order chi connectivity index (χ0) is 13.4. The first-order chi connectivity index (χ1) is 9.16. The third kappa shape index (κ3) is 2.17. The van der Waals surface area contributed by atoms with Crippen molar-refractivity contribution in [3.63, 3.8) is 0 Å². The van der Waals surface area contributed by atoms with E-state index < -0.39 is 6.04 Å². The lowest BCUT2D eigenvalue weighted by Gasteiger charge is -2.17. The fourth-order valence-corrected chi connectivity index (χ4v) is 2.75. The van der Waals surface area contributed by atoms with Crippen molar-refractivity contribution in [1.29, 1.82) is 0 Å². The zero-order valence-electron chi connectivity index (χ0n) is 10.2. The van der Waals surface area contributed by atoms with Crippen LogP contribution in [0.4, 0.5) is 5.69 Å². The zero-order valence-corrected chi connectivity index (χ0v) is 11.8. The largest absolute Gasteiger partial charge is 0.316 e. The molecule has 4 heteroatoms. The molecule has 1 amide bonds. The summed E-state index contributed by atoms with van der Waals surface area (Å²) in [5.74, 6) is -0.0445. The fourth-order valence-electron chi connectivity index (χ4n) is 2.37. The minimum absolute atomic E-state index is 0.0445. The molecule has 3 rings (SSSR count). The summed E-state index contributed by atoms with van der Waals surface area (Å²) in [6.07, 6.45) is 0. The standard InChI is InChI=1S/C15H13BrN2O/c16-11-6-7-13-12(8-11)14(17)15(19)18(13)9-10-4-2-1-3-5-10/h1-8,14H,9,17H2. The SMILES string of the molecule is NC1C(=O)N(Cc2ccccc2)c2ccc(Br)cc21. The Balaban J connectivity index is 1.98. The smallest absolute Gasteiger partial charge is 0.248 e. The Kier molecular flexibility index (Phi) is 3.12. The number of rotatable bonds is 2. The van der Waals surface area contributed by atoms with Crippen LogP contribution in [0.5, 0.6) is 0 Å². The van der Waals surface area contributed by atoms with Gasteiger partial charge in [-0.1, -0.05) is 46.3 Å². The molecule has 0 radical (unpaired) electrons. The fraction of sp³-hybridized carbons (Fsp3) is 0.133. The van der Waals surface area contributed by atoms with Crippen molar-refractivity contribution in [2.45, 2.75) is 12.6 Å². The van der Waals surface area contributed by atoms with E-state index in [2.05, 4.69) is 15.9 Å². The van der Waals surface area contributed by atoms with Gasteiger partial charge in [0.05, 0.1) is 6.54 Å². The van der Waals surface area contributed by atoms with Gasteiger partial charge in [-0.25, -0.2) is 0 Å². The highest BCUT2D eigenvalue weighted by Crippen LogP contribution is 2.37. The summed E-state index contributed by atoms with van der Waals surface area (Å²) in [5, 5.41) is 0. The van der Waals surface area contributed by atoms with Gasteiger partial charge in [-0.2, -0.15) is 0 Å². The molecule has 2 aromatic rings. The summed E-state index contributed by atoms with van der Waals surface area (Å²) in [7, 11) is 0. The third-order valence-corrected chi connectivity index (χ3v) is 3.82. The van der Waals surface area contributed by atoms with Crippen molar-refractivity contribution in [2.24, 2.45) is 5.73 Å². The quantitative estimate of drug-likeness (QED) is 0.925. The van der Waals surface area contributed by atoms with Gasteiger partial charge in [-0.15, -0.1) is 0 Å². The van der Waals surface area contributed by atoms with E-state index in [1.807, 2.05) is 48.5 Å². The number of halogens is 1. The van der Waals surface area contributed by atoms with E-state index in [9.17, 15) is 4.79 Å². The minimum atomic E-state index is -0.559. The number of benzene rings is 2. The van der Waals surface area contributed by atoms with Crippen molar-refractivity contribution in [1.82, 2.24) is 0 Å². The molecule has 0 spiro atoms. The average Bonchev–Trinajstić information content (AvgIpc) is 2.65. The molecule has 1 unspecified atom stereocenters. The number of hydrogen-bond acceptors (Lipinski definition) is 2. The molecule has 19 heavy (non-hydrogen) atoms. The molecule has 0 saturated carbocycles. The summed E-state index contributed by atoms with van der Waals surface area (Å²) in [4.78, 5) is 14.0. The van der Waals surface area contributed by atoms with Gasteiger partial charge in [0.1, 0.15) is 6.04 Å². The maximum atomic E-state index is 12.3. The monoisotopic (exact) mass is 316 g/mol. The van der Waals surface area contributed by atoms with Gasteiger partial charge in [-0.3, -0.25) is 4.79 Å². The van der Waals surface area contributed by atoms with Crippen LogP contribution in [0, 0.1) is 0 Å². The lowest BCUT2D eigenvalue weighted by atomic mass is 10.1. The Labute approximate surface area is 120 Å². The lowest BCUT2D eigenvalue weighted by Crippen LogP contribution is -2.31. The highest BCUT2D eigenvalue weighted by molar-refractivity contribution is 9.10. The highest BCUT2D eigenvalue weighted by Gasteiger charge is 2.34. The van der Waals surface area contributed by atoms with Crippen LogP contribution in [0.25, 0.3) is 0 Å². The summed E-state index contributed by atoms with van der Waals surface area (Å²) >= 11 is 3.41. The first-order valence-corrected chi connectivity index (χ1v) is 6.86. The number of carbonyl (C=O) groups is 1. The van der Waals surface area contributed by atoms with Crippen LogP contribution in [0.15, 0.2) is 53.0 Å². The van der Waals surface area contributed by atoms with Gasteiger partial charge in [0, 0.05) is 15.7 Å². The topological polar surface area (TPSA) is 46.3 Å². The molecule has 96 valence electrons. The van der Waals surface area contributed by atoms with E-state index in [0.29, 0.717) is 6.54 Å². The number of amides is 1. The molecule has 0 aliphatic carbocycles. The highest BCUT2D eigenvalue weighted by atomic mass is 79.9. The molecule has 1 aliphatic rings. The predicted octanol–water partition coefficient (Wildman–Crippen LogP) is 3.00. The summed E-state index contributed by atoms with van der Waals surface area (Å²) in [6, 6.07) is 15.2. The Bertz CT molecular complexity index is 627. The maximum absolute atomic E-state index is 12.3. The van der Waals surface area contributed by atoms with E-state index in [-0.39, 0.29) is 5.91 Å². The van der Waals surface area contributed by atoms with Gasteiger partial charge in [-0.05, 0) is 23.8 Å². The number of carbonyl (C=O) groups excluding carboxylic acids is 1. The summed E-state index contributed by atoms with van der Waals surface area (Å²) in [5.41, 5.74) is 8.88. The van der Waals surface area contributed by atoms with Crippen LogP contribution >= 0.6 is 15.9 Å². The molecule has 2 N–H and O–H groups in total. The van der Waals surface area contributed by atoms with Gasteiger partial charge in [0.15, 0.2) is 0 Å². The van der Waals surface area contributed by atoms with Crippen LogP contribution in [0.3, 0.4) is 0 Å². The molecule has 2 aromatic carbocycles. The first kappa shape index (κ1) is 12.4. The predicted molar refractivity (Wildman–Crippen MR) is 78.7 cm³/mol. The Morgan fingerprint density at radius 2 is 1.89 bits per heavy atom. The van der Waals surface area contributed by atoms with Crippen LogP contribution in [0.2, 0.25) is 0 Å². The van der Waals surface area contributed by atoms with E-state index in [0.717, 1.165) is 21.3 Å². The number of anilines is 1. The molecule has 1 heterocycles. The number of fused-ring (bicyclic) bond motifs is 1. The Morgan fingerprint density at radius 3 is 2.63 bits per heavy atom. The molecule has 0 saturated heterocycles. The van der Waals surface area contributed by atoms with Crippen molar-refractivity contribution >= 4 is 27.5 Å². The molecule has 0 aromatic heterocycles. The van der Waals surface area contributed by atoms with Crippen LogP contribution < -0.4 is 10.6 Å². The summed E-state index contributed by atoms with van der Waals surface area (Å²) in [6.45, 7) is 0.558. The van der Waals surface area contributed by atoms with Crippen molar-refractivity contribution in [3.05, 3.63) is 64.1 Å². The van der Waals surface area contributed by atoms with Crippen LogP contribution in [0.1, 0.15) is 17.2 Å². The second-order valence-electron chi connectivity index (χ2n) is 4.59. The normalized spacial score (nSPS) is 17.7. The third-order valence-electron chi connectivity index (χ3n) is 3.33. The molecular formula is C15H13BrN2O. The Hall–Kier alpha value is -1.65. The van der Waals surface area contributed by atoms with E-state index >= 15 is 0 Å². The minimum Gasteiger partial charge on any atom is -0.316 e. The second-order valence-corrected chi connectivity index (χ2v) is 5.51. The number of nitrogens with two attached hydrogens (primary N) is 1. The molecule has 0 bridgehead atoms. The van der Waals surface area contributed by atoms with Crippen molar-refractivity contribution in [2.75, 3.05) is 4.90 Å².